The summed E-state index contributed by atoms with van der Waals surface area (Å²) >= 11 is 0. The quantitative estimate of drug-likeness (QED) is 0.714. The highest BCUT2D eigenvalue weighted by Gasteiger charge is 2.16. The van der Waals surface area contributed by atoms with Gasteiger partial charge in [0.1, 0.15) is 11.3 Å². The fraction of sp³-hybridized carbons (Fsp3) is 0.167. The lowest BCUT2D eigenvalue weighted by molar-refractivity contribution is 0.0695. The van der Waals surface area contributed by atoms with E-state index in [9.17, 15) is 14.7 Å². The van der Waals surface area contributed by atoms with Crippen molar-refractivity contribution in [2.45, 2.75) is 13.3 Å². The van der Waals surface area contributed by atoms with Gasteiger partial charge in [-0.05, 0) is 24.6 Å². The molecule has 0 aliphatic heterocycles. The Morgan fingerprint density at radius 2 is 2.17 bits per heavy atom. The van der Waals surface area contributed by atoms with Crippen LogP contribution in [0.15, 0.2) is 30.5 Å². The molecule has 3 N–H and O–H groups in total. The van der Waals surface area contributed by atoms with Crippen molar-refractivity contribution in [2.24, 2.45) is 0 Å². The van der Waals surface area contributed by atoms with Gasteiger partial charge in [0.25, 0.3) is 0 Å². The summed E-state index contributed by atoms with van der Waals surface area (Å²) in [6.07, 6.45) is 2.71. The summed E-state index contributed by atoms with van der Waals surface area (Å²) in [5, 5.41) is 20.5. The molecule has 0 bridgehead atoms. The van der Waals surface area contributed by atoms with Crippen LogP contribution in [0.2, 0.25) is 0 Å². The fourth-order valence-corrected chi connectivity index (χ4v) is 1.21. The largest absolute Gasteiger partial charge is 0.507 e. The van der Waals surface area contributed by atoms with E-state index in [4.69, 9.17) is 5.11 Å². The molecule has 0 radical (unpaired) electrons. The van der Waals surface area contributed by atoms with Gasteiger partial charge in [0.15, 0.2) is 0 Å². The summed E-state index contributed by atoms with van der Waals surface area (Å²) in [6.45, 7) is 1.87. The third-order valence-corrected chi connectivity index (χ3v) is 2.00. The zero-order valence-electron chi connectivity index (χ0n) is 9.71. The number of carbonyl (C=O) groups excluding carboxylic acids is 1. The molecule has 6 nitrogen and oxygen atoms in total. The van der Waals surface area contributed by atoms with Crippen LogP contribution >= 0.6 is 0 Å². The minimum atomic E-state index is -1.34. The smallest absolute Gasteiger partial charge is 0.416 e. The fourth-order valence-electron chi connectivity index (χ4n) is 1.21. The van der Waals surface area contributed by atoms with Crippen LogP contribution in [0.25, 0.3) is 0 Å². The molecule has 1 rings (SSSR count). The Balaban J connectivity index is 2.84. The second-order valence-electron chi connectivity index (χ2n) is 3.32. The molecular formula is C12H13NO5. The molecule has 1 aromatic rings. The Morgan fingerprint density at radius 1 is 1.44 bits per heavy atom. The van der Waals surface area contributed by atoms with Crippen LogP contribution in [0.4, 0.5) is 10.5 Å². The molecule has 0 fully saturated rings. The number of hydrogen-bond acceptors (Lipinski definition) is 4. The van der Waals surface area contributed by atoms with Gasteiger partial charge in [0.2, 0.25) is 0 Å². The van der Waals surface area contributed by atoms with E-state index in [1.54, 1.807) is 6.08 Å². The average Bonchev–Trinajstić information content (AvgIpc) is 2.28. The maximum atomic E-state index is 11.3. The highest BCUT2D eigenvalue weighted by Crippen LogP contribution is 2.25. The summed E-state index contributed by atoms with van der Waals surface area (Å²) in [5.41, 5.74) is -0.411. The molecule has 96 valence electrons. The molecule has 0 unspecified atom stereocenters. The van der Waals surface area contributed by atoms with E-state index in [1.807, 2.05) is 6.92 Å². The Morgan fingerprint density at radius 3 is 2.78 bits per heavy atom. The standard InChI is InChI=1S/C12H13NO5/c1-2-3-7-18-12(17)13-8-5-4-6-9(14)10(8)11(15)16/h3-7,14H,2H2,1H3,(H,13,17)(H,15,16). The maximum absolute atomic E-state index is 11.3. The topological polar surface area (TPSA) is 95.9 Å². The van der Waals surface area contributed by atoms with Gasteiger partial charge in [-0.2, -0.15) is 0 Å². The first kappa shape index (κ1) is 13.6. The molecule has 1 aromatic carbocycles. The highest BCUT2D eigenvalue weighted by atomic mass is 16.5. The van der Waals surface area contributed by atoms with Crippen molar-refractivity contribution in [3.8, 4) is 5.75 Å². The van der Waals surface area contributed by atoms with Gasteiger partial charge in [0, 0.05) is 0 Å². The van der Waals surface area contributed by atoms with Gasteiger partial charge >= 0.3 is 12.1 Å². The number of phenols is 1. The van der Waals surface area contributed by atoms with Gasteiger partial charge in [-0.15, -0.1) is 0 Å². The molecule has 0 saturated heterocycles. The van der Waals surface area contributed by atoms with Crippen LogP contribution < -0.4 is 5.32 Å². The molecule has 0 atom stereocenters. The van der Waals surface area contributed by atoms with Gasteiger partial charge in [-0.1, -0.05) is 13.0 Å². The van der Waals surface area contributed by atoms with Crippen LogP contribution in [-0.4, -0.2) is 22.3 Å². The summed E-state index contributed by atoms with van der Waals surface area (Å²) < 4.78 is 4.66. The number of hydrogen-bond donors (Lipinski definition) is 3. The number of ether oxygens (including phenoxy) is 1. The minimum Gasteiger partial charge on any atom is -0.507 e. The zero-order valence-corrected chi connectivity index (χ0v) is 9.71. The van der Waals surface area contributed by atoms with Crippen molar-refractivity contribution in [2.75, 3.05) is 5.32 Å². The lowest BCUT2D eigenvalue weighted by atomic mass is 10.1. The first-order chi connectivity index (χ1) is 8.56. The molecule has 0 spiro atoms. The number of benzene rings is 1. The first-order valence-corrected chi connectivity index (χ1v) is 5.24. The van der Waals surface area contributed by atoms with Crippen LogP contribution in [0.3, 0.4) is 0 Å². The van der Waals surface area contributed by atoms with Gasteiger partial charge in [0.05, 0.1) is 11.9 Å². The summed E-state index contributed by atoms with van der Waals surface area (Å²) in [4.78, 5) is 22.2. The number of carboxylic acid groups (broad SMARTS) is 1. The number of carbonyl (C=O) groups is 2. The SMILES string of the molecule is CCC=COC(=O)Nc1cccc(O)c1C(=O)O. The minimum absolute atomic E-state index is 0.0302. The predicted molar refractivity (Wildman–Crippen MR) is 64.6 cm³/mol. The van der Waals surface area contributed by atoms with E-state index in [-0.39, 0.29) is 11.3 Å². The number of anilines is 1. The molecule has 1 amide bonds. The van der Waals surface area contributed by atoms with Crippen molar-refractivity contribution < 1.29 is 24.5 Å². The lowest BCUT2D eigenvalue weighted by Crippen LogP contribution is -2.14. The van der Waals surface area contributed by atoms with E-state index in [0.717, 1.165) is 0 Å². The molecule has 0 aliphatic rings. The maximum Gasteiger partial charge on any atom is 0.416 e. The van der Waals surface area contributed by atoms with Crippen molar-refractivity contribution in [3.63, 3.8) is 0 Å². The number of allylic oxidation sites excluding steroid dienone is 1. The third kappa shape index (κ3) is 3.51. The van der Waals surface area contributed by atoms with E-state index < -0.39 is 17.8 Å². The van der Waals surface area contributed by atoms with E-state index >= 15 is 0 Å². The molecule has 18 heavy (non-hydrogen) atoms. The molecule has 0 heterocycles. The van der Waals surface area contributed by atoms with Crippen LogP contribution in [0, 0.1) is 0 Å². The summed E-state index contributed by atoms with van der Waals surface area (Å²) in [6, 6.07) is 3.99. The Bertz CT molecular complexity index is 481. The van der Waals surface area contributed by atoms with E-state index in [2.05, 4.69) is 10.1 Å². The molecule has 6 heteroatoms. The lowest BCUT2D eigenvalue weighted by Gasteiger charge is -2.08. The second-order valence-corrected chi connectivity index (χ2v) is 3.32. The van der Waals surface area contributed by atoms with Crippen LogP contribution in [-0.2, 0) is 4.74 Å². The number of amides is 1. The Hall–Kier alpha value is -2.50. The Kier molecular flexibility index (Phi) is 4.74. The number of carboxylic acids is 1. The van der Waals surface area contributed by atoms with Crippen LogP contribution in [0.1, 0.15) is 23.7 Å². The monoisotopic (exact) mass is 251 g/mol. The van der Waals surface area contributed by atoms with Crippen molar-refractivity contribution in [3.05, 3.63) is 36.1 Å². The van der Waals surface area contributed by atoms with E-state index in [1.165, 1.54) is 24.5 Å². The Labute approximate surface area is 104 Å². The van der Waals surface area contributed by atoms with Crippen LogP contribution in [0.5, 0.6) is 5.75 Å². The number of rotatable bonds is 4. The molecule has 0 aromatic heterocycles. The van der Waals surface area contributed by atoms with Crippen molar-refractivity contribution in [1.29, 1.82) is 0 Å². The molecule has 0 saturated carbocycles. The number of nitrogens with one attached hydrogen (secondary N) is 1. The third-order valence-electron chi connectivity index (χ3n) is 2.00. The van der Waals surface area contributed by atoms with Gasteiger partial charge < -0.3 is 14.9 Å². The molecular weight excluding hydrogens is 238 g/mol. The van der Waals surface area contributed by atoms with Crippen molar-refractivity contribution in [1.82, 2.24) is 0 Å². The number of aromatic hydroxyl groups is 1. The predicted octanol–water partition coefficient (Wildman–Crippen LogP) is 2.56. The first-order valence-electron chi connectivity index (χ1n) is 5.24. The highest BCUT2D eigenvalue weighted by molar-refractivity contribution is 6.01. The zero-order chi connectivity index (χ0) is 13.5. The van der Waals surface area contributed by atoms with E-state index in [0.29, 0.717) is 6.42 Å². The number of aromatic carboxylic acids is 1. The summed E-state index contributed by atoms with van der Waals surface area (Å²) in [5.74, 6) is -1.77. The van der Waals surface area contributed by atoms with Crippen molar-refractivity contribution >= 4 is 17.7 Å². The van der Waals surface area contributed by atoms with Gasteiger partial charge in [-0.25, -0.2) is 9.59 Å². The second kappa shape index (κ2) is 6.29. The van der Waals surface area contributed by atoms with Gasteiger partial charge in [-0.3, -0.25) is 5.32 Å². The summed E-state index contributed by atoms with van der Waals surface area (Å²) in [7, 11) is 0. The normalized spacial score (nSPS) is 10.3. The molecule has 0 aliphatic carbocycles. The average molecular weight is 251 g/mol.